The van der Waals surface area contributed by atoms with E-state index >= 15 is 0 Å². The van der Waals surface area contributed by atoms with Gasteiger partial charge in [0.05, 0.1) is 26.4 Å². The van der Waals surface area contributed by atoms with Crippen LogP contribution in [0.1, 0.15) is 336 Å². The van der Waals surface area contributed by atoms with Crippen LogP contribution >= 0.6 is 15.6 Å². The summed E-state index contributed by atoms with van der Waals surface area (Å²) in [6.07, 6.45) is 72.8. The van der Waals surface area contributed by atoms with Crippen molar-refractivity contribution in [2.75, 3.05) is 39.6 Å². The predicted molar refractivity (Wildman–Crippen MR) is 399 cm³/mol. The topological polar surface area (TPSA) is 237 Å². The summed E-state index contributed by atoms with van der Waals surface area (Å²) in [4.78, 5) is 72.9. The Kier molecular flexibility index (Phi) is 68.9. The molecule has 0 saturated heterocycles. The minimum atomic E-state index is -4.98. The maximum atomic E-state index is 13.1. The molecule has 568 valence electrons. The smallest absolute Gasteiger partial charge is 0.462 e. The molecular weight excluding hydrogens is 1280 g/mol. The van der Waals surface area contributed by atoms with Crippen molar-refractivity contribution in [1.29, 1.82) is 0 Å². The van der Waals surface area contributed by atoms with Crippen LogP contribution < -0.4 is 0 Å². The number of ether oxygens (including phenoxy) is 4. The second-order valence-corrected chi connectivity index (χ2v) is 28.8. The zero-order valence-corrected chi connectivity index (χ0v) is 63.7. The quantitative estimate of drug-likeness (QED) is 0.0169. The highest BCUT2D eigenvalue weighted by Crippen LogP contribution is 2.45. The summed E-state index contributed by atoms with van der Waals surface area (Å²) < 4.78 is 68.5. The molecule has 0 saturated carbocycles. The molecule has 0 aliphatic rings. The molecule has 17 nitrogen and oxygen atoms in total. The van der Waals surface area contributed by atoms with Crippen molar-refractivity contribution in [3.63, 3.8) is 0 Å². The average Bonchev–Trinajstić information content (AvgIpc) is 1.04. The molecule has 0 spiro atoms. The Morgan fingerprint density at radius 1 is 0.296 bits per heavy atom. The number of phosphoric acid groups is 2. The molecule has 0 radical (unpaired) electrons. The van der Waals surface area contributed by atoms with Crippen LogP contribution in [0.2, 0.25) is 0 Å². The SMILES string of the molecule is CC/C=C\C/C=C\C/C=C\C/C=C\CCCCC(=O)OCC(COP(=O)(O)OCC(O)COP(=O)(O)OCC(COC(=O)CCCCCCC/C=C\C/C=C\CCCCC)OC(=O)CCCCCCCCCCCCCCC)OC(=O)CCCCCCC/C=C\CCCCCCCC. The van der Waals surface area contributed by atoms with Gasteiger partial charge in [0.15, 0.2) is 12.2 Å². The zero-order valence-electron chi connectivity index (χ0n) is 62.0. The Morgan fingerprint density at radius 2 is 0.531 bits per heavy atom. The van der Waals surface area contributed by atoms with Crippen LogP contribution in [0.5, 0.6) is 0 Å². The van der Waals surface area contributed by atoms with Crippen LogP contribution in [0.3, 0.4) is 0 Å². The third-order valence-corrected chi connectivity index (χ3v) is 18.2. The number of carbonyl (C=O) groups excluding carboxylic acids is 4. The molecule has 5 unspecified atom stereocenters. The van der Waals surface area contributed by atoms with Gasteiger partial charge in [-0.05, 0) is 122 Å². The molecule has 0 aromatic heterocycles. The maximum Gasteiger partial charge on any atom is 0.472 e. The first kappa shape index (κ1) is 94.2. The molecule has 98 heavy (non-hydrogen) atoms. The van der Waals surface area contributed by atoms with Gasteiger partial charge in [-0.2, -0.15) is 0 Å². The van der Waals surface area contributed by atoms with Crippen molar-refractivity contribution < 1.29 is 80.2 Å². The zero-order chi connectivity index (χ0) is 71.8. The standard InChI is InChI=1S/C79H140O17P2/c1-5-9-13-17-21-25-29-33-36-40-43-47-51-55-59-63-76(81)89-69-74(95-78(83)65-61-57-53-49-45-39-32-28-24-20-16-12-8-4)71-93-97(85,86)91-67-73(80)68-92-98(87,88)94-72-75(96-79(84)66-62-58-54-50-46-42-38-35-31-27-23-19-15-11-7-3)70-90-77(82)64-60-56-52-48-44-41-37-34-30-26-22-18-14-10-6-2/h10,14,21-22,25-26,33-38,44,48,73-75,80H,5-9,11-13,15-20,23-24,27-32,39-43,45-47,49-72H2,1-4H3,(H,85,86)(H,87,88)/b14-10-,25-21-,26-22-,36-33-,37-34-,38-35-,48-44-. The number of aliphatic hydroxyl groups is 1. The number of unbranched alkanes of at least 4 members (excludes halogenated alkanes) is 33. The van der Waals surface area contributed by atoms with Crippen LogP contribution in [0, 0.1) is 0 Å². The van der Waals surface area contributed by atoms with Gasteiger partial charge < -0.3 is 33.8 Å². The summed E-state index contributed by atoms with van der Waals surface area (Å²) in [5, 5.41) is 10.6. The lowest BCUT2D eigenvalue weighted by Gasteiger charge is -2.21. The van der Waals surface area contributed by atoms with E-state index in [9.17, 15) is 43.2 Å². The normalized spacial score (nSPS) is 14.4. The number of rotatable bonds is 73. The molecule has 0 heterocycles. The molecule has 0 aliphatic carbocycles. The Hall–Kier alpha value is -3.76. The summed E-state index contributed by atoms with van der Waals surface area (Å²) in [6, 6.07) is 0. The number of carbonyl (C=O) groups is 4. The Bertz CT molecular complexity index is 2190. The highest BCUT2D eigenvalue weighted by Gasteiger charge is 2.30. The molecule has 0 aromatic rings. The average molecular weight is 1420 g/mol. The van der Waals surface area contributed by atoms with E-state index in [1.165, 1.54) is 109 Å². The lowest BCUT2D eigenvalue weighted by atomic mass is 10.0. The minimum absolute atomic E-state index is 0.0772. The van der Waals surface area contributed by atoms with E-state index in [4.69, 9.17) is 37.0 Å². The predicted octanol–water partition coefficient (Wildman–Crippen LogP) is 22.2. The summed E-state index contributed by atoms with van der Waals surface area (Å²) in [6.45, 7) is 4.69. The molecule has 0 fully saturated rings. The van der Waals surface area contributed by atoms with Crippen molar-refractivity contribution in [2.24, 2.45) is 0 Å². The number of hydrogen-bond donors (Lipinski definition) is 3. The molecule has 0 amide bonds. The molecule has 0 rings (SSSR count). The highest BCUT2D eigenvalue weighted by molar-refractivity contribution is 7.47. The number of hydrogen-bond acceptors (Lipinski definition) is 15. The largest absolute Gasteiger partial charge is 0.472 e. The lowest BCUT2D eigenvalue weighted by molar-refractivity contribution is -0.161. The Balaban J connectivity index is 5.38. The fraction of sp³-hybridized carbons (Fsp3) is 0.772. The van der Waals surface area contributed by atoms with Crippen LogP contribution in [0.15, 0.2) is 85.1 Å². The summed E-state index contributed by atoms with van der Waals surface area (Å²) in [5.41, 5.74) is 0. The second-order valence-electron chi connectivity index (χ2n) is 25.9. The molecule has 0 aromatic carbocycles. The molecule has 3 N–H and O–H groups in total. The van der Waals surface area contributed by atoms with Crippen LogP contribution in [-0.4, -0.2) is 96.7 Å². The monoisotopic (exact) mass is 1420 g/mol. The highest BCUT2D eigenvalue weighted by atomic mass is 31.2. The van der Waals surface area contributed by atoms with Crippen LogP contribution in [0.25, 0.3) is 0 Å². The summed E-state index contributed by atoms with van der Waals surface area (Å²) in [5.74, 6) is -2.23. The first-order chi connectivity index (χ1) is 47.7. The fourth-order valence-corrected chi connectivity index (χ4v) is 12.0. The Morgan fingerprint density at radius 3 is 0.867 bits per heavy atom. The first-order valence-electron chi connectivity index (χ1n) is 38.8. The van der Waals surface area contributed by atoms with Gasteiger partial charge in [-0.25, -0.2) is 9.13 Å². The van der Waals surface area contributed by atoms with E-state index in [2.05, 4.69) is 113 Å². The second kappa shape index (κ2) is 71.6. The van der Waals surface area contributed by atoms with E-state index in [0.29, 0.717) is 25.7 Å². The van der Waals surface area contributed by atoms with Crippen molar-refractivity contribution in [3.05, 3.63) is 85.1 Å². The number of esters is 4. The number of allylic oxidation sites excluding steroid dienone is 14. The van der Waals surface area contributed by atoms with E-state index in [-0.39, 0.29) is 25.7 Å². The third kappa shape index (κ3) is 70.7. The van der Waals surface area contributed by atoms with Crippen molar-refractivity contribution >= 4 is 39.5 Å². The summed E-state index contributed by atoms with van der Waals surface area (Å²) >= 11 is 0. The van der Waals surface area contributed by atoms with Crippen molar-refractivity contribution in [1.82, 2.24) is 0 Å². The van der Waals surface area contributed by atoms with Gasteiger partial charge in [-0.15, -0.1) is 0 Å². The number of aliphatic hydroxyl groups excluding tert-OH is 1. The molecule has 19 heteroatoms. The van der Waals surface area contributed by atoms with Gasteiger partial charge in [-0.1, -0.05) is 273 Å². The molecule has 5 atom stereocenters. The number of phosphoric ester groups is 2. The van der Waals surface area contributed by atoms with E-state index in [1.54, 1.807) is 0 Å². The Labute approximate surface area is 595 Å². The van der Waals surface area contributed by atoms with Gasteiger partial charge >= 0.3 is 39.5 Å². The maximum absolute atomic E-state index is 13.1. The van der Waals surface area contributed by atoms with Crippen LogP contribution in [-0.2, 0) is 65.4 Å². The molecular formula is C79H140O17P2. The van der Waals surface area contributed by atoms with Gasteiger partial charge in [0.25, 0.3) is 0 Å². The third-order valence-electron chi connectivity index (χ3n) is 16.3. The van der Waals surface area contributed by atoms with Gasteiger partial charge in [0, 0.05) is 25.7 Å². The summed E-state index contributed by atoms with van der Waals surface area (Å²) in [7, 11) is -9.96. The first-order valence-corrected chi connectivity index (χ1v) is 41.8. The molecule has 0 aliphatic heterocycles. The van der Waals surface area contributed by atoms with Crippen LogP contribution in [0.4, 0.5) is 0 Å². The van der Waals surface area contributed by atoms with E-state index in [1.807, 2.05) is 0 Å². The lowest BCUT2D eigenvalue weighted by Crippen LogP contribution is -2.30. The van der Waals surface area contributed by atoms with Crippen molar-refractivity contribution in [2.45, 2.75) is 354 Å². The van der Waals surface area contributed by atoms with Gasteiger partial charge in [0.2, 0.25) is 0 Å². The minimum Gasteiger partial charge on any atom is -0.462 e. The van der Waals surface area contributed by atoms with E-state index in [0.717, 1.165) is 148 Å². The van der Waals surface area contributed by atoms with E-state index < -0.39 is 97.5 Å². The van der Waals surface area contributed by atoms with Gasteiger partial charge in [-0.3, -0.25) is 37.3 Å². The molecule has 0 bridgehead atoms. The van der Waals surface area contributed by atoms with Gasteiger partial charge in [0.1, 0.15) is 19.3 Å². The fourth-order valence-electron chi connectivity index (χ4n) is 10.4. The van der Waals surface area contributed by atoms with Crippen molar-refractivity contribution in [3.8, 4) is 0 Å².